The molecule has 4 rings (SSSR count). The Kier molecular flexibility index (Phi) is 4.00. The molecule has 3 nitrogen and oxygen atoms in total. The van der Waals surface area contributed by atoms with Crippen LogP contribution in [0, 0.1) is 29.1 Å². The average Bonchev–Trinajstić information content (AvgIpc) is 3.10. The first-order valence-corrected chi connectivity index (χ1v) is 10.1. The third kappa shape index (κ3) is 2.37. The highest BCUT2D eigenvalue weighted by Gasteiger charge is 2.75. The number of rotatable bonds is 2. The molecule has 3 aliphatic rings. The zero-order valence-corrected chi connectivity index (χ0v) is 16.9. The SMILES string of the molecule is Cc1ccc(OC(=S)O[C@H]2CC[C@]3(C)CC(C)(C)[C@H]4CCC(=O)[C@]243)cc1. The highest BCUT2D eigenvalue weighted by molar-refractivity contribution is 7.79. The number of ketones is 1. The molecule has 0 aromatic heterocycles. The van der Waals surface area contributed by atoms with E-state index in [-0.39, 0.29) is 22.2 Å². The van der Waals surface area contributed by atoms with Gasteiger partial charge in [-0.1, -0.05) is 38.5 Å². The van der Waals surface area contributed by atoms with Gasteiger partial charge in [0.05, 0.1) is 5.41 Å². The van der Waals surface area contributed by atoms with Crippen LogP contribution in [0.1, 0.15) is 58.4 Å². The Labute approximate surface area is 161 Å². The summed E-state index contributed by atoms with van der Waals surface area (Å²) in [6, 6.07) is 7.76. The molecule has 140 valence electrons. The molecule has 4 heteroatoms. The predicted octanol–water partition coefficient (Wildman–Crippen LogP) is 5.24. The standard InChI is InChI=1S/C22H28O3S/c1-14-5-7-15(8-6-14)24-19(26)25-18-11-12-21(4)13-20(2,3)16-9-10-17(23)22(16,18)21/h5-8,16,18H,9-13H2,1-4H3/t16-,18+,21-,22+/m1/s1. The monoisotopic (exact) mass is 372 g/mol. The summed E-state index contributed by atoms with van der Waals surface area (Å²) in [7, 11) is 0. The molecule has 0 bridgehead atoms. The molecule has 3 fully saturated rings. The van der Waals surface area contributed by atoms with Crippen LogP contribution in [0.15, 0.2) is 24.3 Å². The Morgan fingerprint density at radius 2 is 1.85 bits per heavy atom. The first-order chi connectivity index (χ1) is 12.2. The molecule has 0 amide bonds. The summed E-state index contributed by atoms with van der Waals surface area (Å²) in [4.78, 5) is 13.2. The minimum absolute atomic E-state index is 0.0128. The minimum Gasteiger partial charge on any atom is -0.452 e. The third-order valence-corrected chi connectivity index (χ3v) is 7.57. The highest BCUT2D eigenvalue weighted by Crippen LogP contribution is 2.75. The molecule has 0 N–H and O–H groups in total. The number of aryl methyl sites for hydroxylation is 1. The van der Waals surface area contributed by atoms with Crippen LogP contribution in [-0.4, -0.2) is 17.1 Å². The van der Waals surface area contributed by atoms with Gasteiger partial charge in [0, 0.05) is 18.6 Å². The summed E-state index contributed by atoms with van der Waals surface area (Å²) < 4.78 is 11.9. The van der Waals surface area contributed by atoms with Crippen LogP contribution in [0.3, 0.4) is 0 Å². The summed E-state index contributed by atoms with van der Waals surface area (Å²) in [5, 5.41) is 0.139. The molecule has 4 atom stereocenters. The highest BCUT2D eigenvalue weighted by atomic mass is 32.1. The Bertz CT molecular complexity index is 753. The van der Waals surface area contributed by atoms with Crippen LogP contribution in [0.25, 0.3) is 0 Å². The van der Waals surface area contributed by atoms with Gasteiger partial charge < -0.3 is 9.47 Å². The normalized spacial score (nSPS) is 37.3. The van der Waals surface area contributed by atoms with Crippen LogP contribution in [0.4, 0.5) is 0 Å². The van der Waals surface area contributed by atoms with Crippen LogP contribution in [0.5, 0.6) is 5.75 Å². The summed E-state index contributed by atoms with van der Waals surface area (Å²) >= 11 is 5.40. The van der Waals surface area contributed by atoms with Gasteiger partial charge in [-0.05, 0) is 61.5 Å². The maximum atomic E-state index is 13.2. The molecule has 26 heavy (non-hydrogen) atoms. The predicted molar refractivity (Wildman–Crippen MR) is 105 cm³/mol. The van der Waals surface area contributed by atoms with E-state index < -0.39 is 5.41 Å². The van der Waals surface area contributed by atoms with Crippen molar-refractivity contribution in [1.29, 1.82) is 0 Å². The van der Waals surface area contributed by atoms with Crippen LogP contribution in [-0.2, 0) is 9.53 Å². The van der Waals surface area contributed by atoms with E-state index in [2.05, 4.69) is 20.8 Å². The Morgan fingerprint density at radius 3 is 2.54 bits per heavy atom. The van der Waals surface area contributed by atoms with E-state index in [1.807, 2.05) is 31.2 Å². The van der Waals surface area contributed by atoms with Gasteiger partial charge in [-0.25, -0.2) is 0 Å². The molecular weight excluding hydrogens is 344 g/mol. The van der Waals surface area contributed by atoms with Crippen molar-refractivity contribution < 1.29 is 14.3 Å². The molecule has 0 heterocycles. The Morgan fingerprint density at radius 1 is 1.15 bits per heavy atom. The average molecular weight is 373 g/mol. The van der Waals surface area contributed by atoms with Crippen LogP contribution in [0.2, 0.25) is 0 Å². The number of ether oxygens (including phenoxy) is 2. The maximum absolute atomic E-state index is 13.2. The first-order valence-electron chi connectivity index (χ1n) is 9.67. The van der Waals surface area contributed by atoms with Gasteiger partial charge in [0.2, 0.25) is 0 Å². The lowest BCUT2D eigenvalue weighted by molar-refractivity contribution is -0.138. The van der Waals surface area contributed by atoms with Gasteiger partial charge in [0.25, 0.3) is 0 Å². The van der Waals surface area contributed by atoms with Crippen molar-refractivity contribution in [2.75, 3.05) is 0 Å². The Hall–Kier alpha value is -1.42. The van der Waals surface area contributed by atoms with Crippen molar-refractivity contribution in [2.24, 2.45) is 22.2 Å². The van der Waals surface area contributed by atoms with E-state index in [4.69, 9.17) is 21.7 Å². The molecular formula is C22H28O3S. The molecule has 0 radical (unpaired) electrons. The van der Waals surface area contributed by atoms with Crippen LogP contribution >= 0.6 is 12.2 Å². The fourth-order valence-corrected chi connectivity index (χ4v) is 6.92. The number of carbonyl (C=O) groups excluding carboxylic acids is 1. The lowest BCUT2D eigenvalue weighted by atomic mass is 9.64. The lowest BCUT2D eigenvalue weighted by Crippen LogP contribution is -2.48. The van der Waals surface area contributed by atoms with E-state index in [9.17, 15) is 4.79 Å². The first kappa shape index (κ1) is 18.0. The number of thiocarbonyl (C=S) groups is 1. The van der Waals surface area contributed by atoms with Crippen molar-refractivity contribution in [3.63, 3.8) is 0 Å². The number of benzene rings is 1. The number of Topliss-reactive ketones (excluding diaryl/α,β-unsaturated/α-hetero) is 1. The molecule has 3 aliphatic carbocycles. The quantitative estimate of drug-likeness (QED) is 0.665. The van der Waals surface area contributed by atoms with Gasteiger partial charge in [-0.3, -0.25) is 4.79 Å². The number of hydrogen-bond acceptors (Lipinski definition) is 4. The van der Waals surface area contributed by atoms with Gasteiger partial charge >= 0.3 is 5.24 Å². The second kappa shape index (κ2) is 5.79. The van der Waals surface area contributed by atoms with Gasteiger partial charge in [0.15, 0.2) is 0 Å². The molecule has 1 aromatic rings. The van der Waals surface area contributed by atoms with Crippen molar-refractivity contribution in [1.82, 2.24) is 0 Å². The van der Waals surface area contributed by atoms with E-state index >= 15 is 0 Å². The molecule has 1 spiro atoms. The molecule has 3 saturated carbocycles. The van der Waals surface area contributed by atoms with Crippen molar-refractivity contribution in [3.8, 4) is 5.75 Å². The smallest absolute Gasteiger partial charge is 0.358 e. The fraction of sp³-hybridized carbons (Fsp3) is 0.636. The second-order valence-corrected chi connectivity index (χ2v) is 9.75. The Balaban J connectivity index is 1.58. The van der Waals surface area contributed by atoms with E-state index in [1.165, 1.54) is 5.56 Å². The summed E-state index contributed by atoms with van der Waals surface area (Å²) in [6.45, 7) is 8.97. The number of carbonyl (C=O) groups is 1. The van der Waals surface area contributed by atoms with Crippen molar-refractivity contribution in [3.05, 3.63) is 29.8 Å². The second-order valence-electron chi connectivity index (χ2n) is 9.42. The van der Waals surface area contributed by atoms with E-state index in [0.29, 0.717) is 23.9 Å². The lowest BCUT2D eigenvalue weighted by Gasteiger charge is -2.40. The van der Waals surface area contributed by atoms with Crippen molar-refractivity contribution >= 4 is 23.2 Å². The summed E-state index contributed by atoms with van der Waals surface area (Å²) in [6.07, 6.45) is 4.49. The third-order valence-electron chi connectivity index (χ3n) is 7.39. The van der Waals surface area contributed by atoms with Crippen LogP contribution < -0.4 is 4.74 Å². The zero-order chi connectivity index (χ0) is 18.7. The van der Waals surface area contributed by atoms with Gasteiger partial charge in [-0.15, -0.1) is 0 Å². The largest absolute Gasteiger partial charge is 0.452 e. The minimum atomic E-state index is -0.392. The molecule has 1 aromatic carbocycles. The molecule has 0 saturated heterocycles. The van der Waals surface area contributed by atoms with Crippen molar-refractivity contribution in [2.45, 2.75) is 65.9 Å². The zero-order valence-electron chi connectivity index (χ0n) is 16.1. The van der Waals surface area contributed by atoms with E-state index in [1.54, 1.807) is 0 Å². The summed E-state index contributed by atoms with van der Waals surface area (Å²) in [5.41, 5.74) is 0.959. The maximum Gasteiger partial charge on any atom is 0.358 e. The molecule has 0 aliphatic heterocycles. The summed E-state index contributed by atoms with van der Waals surface area (Å²) in [5.74, 6) is 1.44. The number of hydrogen-bond donors (Lipinski definition) is 0. The van der Waals surface area contributed by atoms with Gasteiger partial charge in [-0.2, -0.15) is 0 Å². The van der Waals surface area contributed by atoms with Gasteiger partial charge in [0.1, 0.15) is 17.6 Å². The topological polar surface area (TPSA) is 35.5 Å². The molecule has 0 unspecified atom stereocenters. The van der Waals surface area contributed by atoms with E-state index in [0.717, 1.165) is 25.7 Å². The fourth-order valence-electron chi connectivity index (χ4n) is 6.70.